The van der Waals surface area contributed by atoms with Crippen LogP contribution in [-0.2, 0) is 31.9 Å². The molecule has 0 fully saturated rings. The Balaban J connectivity index is 0.000000107. The van der Waals surface area contributed by atoms with Crippen LogP contribution in [0.2, 0.25) is 0 Å². The first-order valence-corrected chi connectivity index (χ1v) is 44.4. The van der Waals surface area contributed by atoms with E-state index in [2.05, 4.69) is 276 Å². The number of halogens is 8. The highest BCUT2D eigenvalue weighted by atomic mass is 32.1. The van der Waals surface area contributed by atoms with Gasteiger partial charge in [-0.25, -0.2) is 8.78 Å². The van der Waals surface area contributed by atoms with Crippen molar-refractivity contribution in [2.45, 2.75) is 66.2 Å². The maximum absolute atomic E-state index is 14.0. The molecule has 20 heteroatoms. The molecule has 0 aliphatic heterocycles. The number of thiophene rings is 1. The molecule has 7 aromatic heterocycles. The smallest absolute Gasteiger partial charge is 0.419 e. The standard InChI is InChI=1S/C24H21F4N.C23H20N2O.C22H18F4N2.C22H17NO2.C22H17NOS/c1-14-5-8-17-18-9-6-15(12-21(18)23(2,3)20(17)11-14)29(4)16-7-10-19(22(25)13-16)24(26,27)28;1-15-4-7-19-20-8-5-18(14-22(20)25(3)21(19)12-15)24(2)17-6-9-23-16(13-17)10-11-26-23;1-13-4-7-16-17-8-5-15(12-21(17)28(3)20(16)10-13)27(2)14-6-9-18(19(23)11-14)22(24,25)26;2*1-14-3-6-18-19-7-4-17(13-22(19)25-21(18)11-14)23(2)16-5-8-20-15(12-16)9-10-24-20/h5-13H,1-4H3;4-14H,1-3H3;4-12H,1-3H3;2*3-13H,1-2H3. The number of hydrogen-bond donors (Lipinski definition) is 0. The summed E-state index contributed by atoms with van der Waals surface area (Å²) in [6.45, 7) is 14.8. The van der Waals surface area contributed by atoms with E-state index in [0.717, 1.165) is 152 Å². The third-order valence-electron chi connectivity index (χ3n) is 26.0. The van der Waals surface area contributed by atoms with Crippen LogP contribution in [0.5, 0.6) is 0 Å². The van der Waals surface area contributed by atoms with E-state index in [0.29, 0.717) is 11.4 Å². The van der Waals surface area contributed by atoms with Gasteiger partial charge in [0.1, 0.15) is 39.5 Å². The molecule has 0 bridgehead atoms. The van der Waals surface area contributed by atoms with E-state index in [1.165, 1.54) is 98.9 Å². The van der Waals surface area contributed by atoms with Gasteiger partial charge >= 0.3 is 12.4 Å². The fraction of sp³-hybridized carbons (Fsp3) is 0.150. The molecule has 0 N–H and O–H groups in total. The molecular formula is C113H93F8N7O4S. The van der Waals surface area contributed by atoms with Gasteiger partial charge in [0.2, 0.25) is 0 Å². The maximum atomic E-state index is 14.0. The summed E-state index contributed by atoms with van der Waals surface area (Å²) in [7, 11) is 13.8. The minimum atomic E-state index is -4.71. The van der Waals surface area contributed by atoms with Gasteiger partial charge in [-0.05, 0) is 273 Å². The molecule has 7 heterocycles. The second-order valence-corrected chi connectivity index (χ2v) is 36.2. The molecule has 0 saturated heterocycles. The first-order chi connectivity index (χ1) is 63.6. The Hall–Kier alpha value is -15.0. The molecular weight excluding hydrogens is 1700 g/mol. The Morgan fingerprint density at radius 1 is 0.278 bits per heavy atom. The van der Waals surface area contributed by atoms with Crippen LogP contribution in [0.3, 0.4) is 0 Å². The second-order valence-electron chi connectivity index (χ2n) is 35.1. The normalized spacial score (nSPS) is 12.3. The van der Waals surface area contributed by atoms with Crippen molar-refractivity contribution in [3.63, 3.8) is 0 Å². The number of furan rings is 4. The minimum absolute atomic E-state index is 0.196. The highest BCUT2D eigenvalue weighted by molar-refractivity contribution is 7.25. The maximum Gasteiger partial charge on any atom is 0.419 e. The topological polar surface area (TPSA) is 78.6 Å². The number of aromatic nitrogens is 2. The Morgan fingerprint density at radius 3 is 1.02 bits per heavy atom. The fourth-order valence-electron chi connectivity index (χ4n) is 18.4. The monoisotopic (exact) mass is 1800 g/mol. The van der Waals surface area contributed by atoms with Crippen molar-refractivity contribution >= 4 is 187 Å². The van der Waals surface area contributed by atoms with Gasteiger partial charge in [0, 0.05) is 197 Å². The highest BCUT2D eigenvalue weighted by Gasteiger charge is 2.38. The van der Waals surface area contributed by atoms with E-state index in [9.17, 15) is 35.1 Å². The SMILES string of the molecule is Cc1ccc2c(c1)C(C)(C)c1cc(N(C)c3ccc(C(F)(F)F)c(F)c3)ccc1-2.Cc1ccc2c(c1)oc1cc(N(C)c3ccc4occc4c3)ccc12.Cc1ccc2c(c1)sc1cc(N(C)c3ccc4occc4c3)ccc12.Cc1ccc2c3ccc(N(C)c4ccc(C(F)(F)F)c(F)c4)cc3n(C)c2c1.Cc1ccc2c3ccc(N(C)c4ccc5occc5c4)cc3n(C)c2c1. The van der Waals surface area contributed by atoms with Crippen LogP contribution >= 0.6 is 11.3 Å². The second kappa shape index (κ2) is 34.0. The number of alkyl halides is 6. The zero-order valence-electron chi connectivity index (χ0n) is 75.6. The van der Waals surface area contributed by atoms with Gasteiger partial charge < -0.3 is 51.3 Å². The lowest BCUT2D eigenvalue weighted by Crippen LogP contribution is -2.17. The molecule has 0 radical (unpaired) electrons. The van der Waals surface area contributed by atoms with Crippen LogP contribution in [0.15, 0.2) is 328 Å². The zero-order valence-corrected chi connectivity index (χ0v) is 76.5. The van der Waals surface area contributed by atoms with Gasteiger partial charge in [-0.3, -0.25) is 0 Å². The number of aryl methyl sites for hydroxylation is 7. The zero-order chi connectivity index (χ0) is 93.1. The quantitative estimate of drug-likeness (QED) is 0.124. The van der Waals surface area contributed by atoms with E-state index >= 15 is 0 Å². The summed E-state index contributed by atoms with van der Waals surface area (Å²) >= 11 is 1.86. The molecule has 0 unspecified atom stereocenters. The van der Waals surface area contributed by atoms with Crippen molar-refractivity contribution in [2.75, 3.05) is 59.7 Å². The molecule has 1 aliphatic carbocycles. The van der Waals surface area contributed by atoms with Crippen LogP contribution in [0, 0.1) is 46.3 Å². The largest absolute Gasteiger partial charge is 0.464 e. The van der Waals surface area contributed by atoms with Crippen molar-refractivity contribution in [3.8, 4) is 11.1 Å². The number of anilines is 10. The van der Waals surface area contributed by atoms with Gasteiger partial charge in [-0.2, -0.15) is 26.3 Å². The third kappa shape index (κ3) is 16.5. The third-order valence-corrected chi connectivity index (χ3v) is 27.1. The van der Waals surface area contributed by atoms with Gasteiger partial charge in [-0.15, -0.1) is 11.3 Å². The first-order valence-electron chi connectivity index (χ1n) is 43.6. The van der Waals surface area contributed by atoms with Gasteiger partial charge in [0.05, 0.1) is 40.9 Å². The van der Waals surface area contributed by atoms with Crippen molar-refractivity contribution in [2.24, 2.45) is 14.1 Å². The molecule has 666 valence electrons. The average Bonchev–Trinajstić information content (AvgIpc) is 1.58. The predicted octanol–water partition coefficient (Wildman–Crippen LogP) is 33.2. The molecule has 0 spiro atoms. The van der Waals surface area contributed by atoms with E-state index in [1.54, 1.807) is 42.7 Å². The molecule has 11 nitrogen and oxygen atoms in total. The molecule has 133 heavy (non-hydrogen) atoms. The summed E-state index contributed by atoms with van der Waals surface area (Å²) in [6, 6.07) is 94.8. The van der Waals surface area contributed by atoms with Gasteiger partial charge in [0.15, 0.2) is 0 Å². The van der Waals surface area contributed by atoms with Crippen LogP contribution < -0.4 is 24.5 Å². The summed E-state index contributed by atoms with van der Waals surface area (Å²) < 4.78 is 134. The van der Waals surface area contributed by atoms with E-state index < -0.39 is 35.1 Å². The van der Waals surface area contributed by atoms with Crippen LogP contribution in [0.4, 0.5) is 92.0 Å². The van der Waals surface area contributed by atoms with Crippen LogP contribution in [0.1, 0.15) is 63.9 Å². The Morgan fingerprint density at radius 2 is 0.571 bits per heavy atom. The fourth-order valence-corrected chi connectivity index (χ4v) is 19.6. The van der Waals surface area contributed by atoms with Gasteiger partial charge in [-0.1, -0.05) is 110 Å². The average molecular weight is 1800 g/mol. The Bertz CT molecular complexity index is 8110. The molecule has 23 rings (SSSR count). The lowest BCUT2D eigenvalue weighted by molar-refractivity contribution is -0.140. The number of rotatable bonds is 10. The van der Waals surface area contributed by atoms with Crippen LogP contribution in [0.25, 0.3) is 130 Å². The molecule has 0 amide bonds. The van der Waals surface area contributed by atoms with Crippen molar-refractivity contribution < 1.29 is 52.8 Å². The number of hydrogen-bond acceptors (Lipinski definition) is 10. The summed E-state index contributed by atoms with van der Waals surface area (Å²) in [5, 5.41) is 13.2. The summed E-state index contributed by atoms with van der Waals surface area (Å²) in [4.78, 5) is 9.97. The highest BCUT2D eigenvalue weighted by Crippen LogP contribution is 2.51. The number of nitrogens with zero attached hydrogens (tertiary/aromatic N) is 7. The molecule has 1 aliphatic rings. The van der Waals surface area contributed by atoms with Crippen LogP contribution in [-0.4, -0.2) is 44.4 Å². The Kier molecular flexibility index (Phi) is 22.4. The summed E-state index contributed by atoms with van der Waals surface area (Å²) in [5.74, 6) is -2.55. The predicted molar refractivity (Wildman–Crippen MR) is 533 cm³/mol. The molecule has 22 aromatic rings. The summed E-state index contributed by atoms with van der Waals surface area (Å²) in [5.41, 5.74) is 26.6. The van der Waals surface area contributed by atoms with Crippen molar-refractivity contribution in [1.29, 1.82) is 0 Å². The number of fused-ring (bicyclic) bond motifs is 18. The molecule has 0 atom stereocenters. The first kappa shape index (κ1) is 87.3. The Labute approximate surface area is 767 Å². The van der Waals surface area contributed by atoms with Crippen molar-refractivity contribution in [3.05, 3.63) is 372 Å². The van der Waals surface area contributed by atoms with E-state index in [1.807, 2.05) is 98.1 Å². The van der Waals surface area contributed by atoms with E-state index in [4.69, 9.17) is 17.7 Å². The van der Waals surface area contributed by atoms with Gasteiger partial charge in [0.25, 0.3) is 0 Å². The summed E-state index contributed by atoms with van der Waals surface area (Å²) in [6.07, 6.45) is -4.22. The molecule has 15 aromatic carbocycles. The lowest BCUT2D eigenvalue weighted by atomic mass is 9.82. The minimum Gasteiger partial charge on any atom is -0.464 e. The number of benzene rings is 15. The molecule has 0 saturated carbocycles. The van der Waals surface area contributed by atoms with E-state index in [-0.39, 0.29) is 5.41 Å². The lowest BCUT2D eigenvalue weighted by Gasteiger charge is -2.25. The van der Waals surface area contributed by atoms with Crippen molar-refractivity contribution in [1.82, 2.24) is 9.13 Å².